The van der Waals surface area contributed by atoms with Crippen molar-refractivity contribution in [3.05, 3.63) is 29.8 Å². The predicted molar refractivity (Wildman–Crippen MR) is 68.9 cm³/mol. The first kappa shape index (κ1) is 13.4. The van der Waals surface area contributed by atoms with Crippen LogP contribution >= 0.6 is 0 Å². The van der Waals surface area contributed by atoms with E-state index in [0.29, 0.717) is 19.6 Å². The van der Waals surface area contributed by atoms with Crippen LogP contribution in [0.5, 0.6) is 5.75 Å². The first-order chi connectivity index (χ1) is 9.08. The summed E-state index contributed by atoms with van der Waals surface area (Å²) >= 11 is 0. The van der Waals surface area contributed by atoms with E-state index in [9.17, 15) is 9.59 Å². The van der Waals surface area contributed by atoms with Crippen LogP contribution in [0.25, 0.3) is 0 Å². The summed E-state index contributed by atoms with van der Waals surface area (Å²) in [5.74, 6) is -1.19. The lowest BCUT2D eigenvalue weighted by atomic mass is 10.2. The molecule has 0 bridgehead atoms. The molecular weight excluding hydrogens is 246 g/mol. The molecule has 2 N–H and O–H groups in total. The lowest BCUT2D eigenvalue weighted by molar-refractivity contribution is -0.140. The maximum absolute atomic E-state index is 11.6. The van der Waals surface area contributed by atoms with E-state index in [1.807, 2.05) is 31.2 Å². The average Bonchev–Trinajstić information content (AvgIpc) is 3.15. The number of carboxylic acids is 1. The van der Waals surface area contributed by atoms with E-state index >= 15 is 0 Å². The van der Waals surface area contributed by atoms with Crippen LogP contribution in [0, 0.1) is 18.8 Å². The number of benzene rings is 1. The molecule has 2 atom stereocenters. The highest BCUT2D eigenvalue weighted by Gasteiger charge is 2.48. The van der Waals surface area contributed by atoms with Crippen LogP contribution in [-0.4, -0.2) is 30.1 Å². The van der Waals surface area contributed by atoms with Crippen LogP contribution in [0.2, 0.25) is 0 Å². The molecule has 5 nitrogen and oxygen atoms in total. The number of aryl methyl sites for hydroxylation is 1. The summed E-state index contributed by atoms with van der Waals surface area (Å²) in [6.45, 7) is 2.74. The largest absolute Gasteiger partial charge is 0.492 e. The van der Waals surface area contributed by atoms with E-state index in [-0.39, 0.29) is 11.8 Å². The Morgan fingerprint density at radius 2 is 2.21 bits per heavy atom. The summed E-state index contributed by atoms with van der Waals surface area (Å²) in [5.41, 5.74) is 1.11. The van der Waals surface area contributed by atoms with Crippen LogP contribution in [0.1, 0.15) is 12.0 Å². The summed E-state index contributed by atoms with van der Waals surface area (Å²) in [5, 5.41) is 11.4. The highest BCUT2D eigenvalue weighted by atomic mass is 16.5. The third kappa shape index (κ3) is 3.71. The molecule has 1 amide bonds. The zero-order chi connectivity index (χ0) is 13.8. The van der Waals surface area contributed by atoms with Crippen molar-refractivity contribution in [3.8, 4) is 5.75 Å². The fourth-order valence-corrected chi connectivity index (χ4v) is 1.94. The molecule has 1 aliphatic carbocycles. The maximum atomic E-state index is 11.6. The predicted octanol–water partition coefficient (Wildman–Crippen LogP) is 1.21. The third-order valence-corrected chi connectivity index (χ3v) is 3.10. The number of hydrogen-bond donors (Lipinski definition) is 2. The second-order valence-electron chi connectivity index (χ2n) is 4.74. The van der Waals surface area contributed by atoms with Gasteiger partial charge < -0.3 is 15.2 Å². The minimum atomic E-state index is -0.892. The fraction of sp³-hybridized carbons (Fsp3) is 0.429. The quantitative estimate of drug-likeness (QED) is 0.756. The second kappa shape index (κ2) is 5.73. The topological polar surface area (TPSA) is 75.6 Å². The molecule has 19 heavy (non-hydrogen) atoms. The van der Waals surface area contributed by atoms with Crippen molar-refractivity contribution in [2.75, 3.05) is 13.2 Å². The molecule has 1 aromatic carbocycles. The highest BCUT2D eigenvalue weighted by molar-refractivity contribution is 5.89. The van der Waals surface area contributed by atoms with Gasteiger partial charge >= 0.3 is 5.97 Å². The monoisotopic (exact) mass is 263 g/mol. The molecule has 0 saturated heterocycles. The molecule has 0 heterocycles. The molecular formula is C14H17NO4. The molecule has 1 aromatic rings. The molecule has 0 aromatic heterocycles. The van der Waals surface area contributed by atoms with Gasteiger partial charge in [0.25, 0.3) is 0 Å². The van der Waals surface area contributed by atoms with Gasteiger partial charge in [0.2, 0.25) is 5.91 Å². The average molecular weight is 263 g/mol. The van der Waals surface area contributed by atoms with E-state index in [4.69, 9.17) is 9.84 Å². The van der Waals surface area contributed by atoms with Crippen LogP contribution < -0.4 is 10.1 Å². The number of nitrogens with one attached hydrogen (secondary N) is 1. The Kier molecular flexibility index (Phi) is 4.04. The van der Waals surface area contributed by atoms with Crippen LogP contribution in [0.15, 0.2) is 24.3 Å². The van der Waals surface area contributed by atoms with Gasteiger partial charge in [0.1, 0.15) is 12.4 Å². The second-order valence-corrected chi connectivity index (χ2v) is 4.74. The number of aliphatic carboxylic acids is 1. The van der Waals surface area contributed by atoms with Gasteiger partial charge in [0, 0.05) is 0 Å². The van der Waals surface area contributed by atoms with Crippen LogP contribution in [-0.2, 0) is 9.59 Å². The summed E-state index contributed by atoms with van der Waals surface area (Å²) in [7, 11) is 0. The van der Waals surface area contributed by atoms with Gasteiger partial charge in [0.15, 0.2) is 0 Å². The van der Waals surface area contributed by atoms with Crippen molar-refractivity contribution in [2.24, 2.45) is 11.8 Å². The van der Waals surface area contributed by atoms with Gasteiger partial charge in [-0.3, -0.25) is 9.59 Å². The highest BCUT2D eigenvalue weighted by Crippen LogP contribution is 2.38. The summed E-state index contributed by atoms with van der Waals surface area (Å²) < 4.78 is 5.48. The van der Waals surface area contributed by atoms with Crippen LogP contribution in [0.3, 0.4) is 0 Å². The first-order valence-electron chi connectivity index (χ1n) is 6.28. The van der Waals surface area contributed by atoms with Crippen molar-refractivity contribution in [1.82, 2.24) is 5.32 Å². The zero-order valence-corrected chi connectivity index (χ0v) is 10.8. The van der Waals surface area contributed by atoms with E-state index in [1.165, 1.54) is 0 Å². The molecule has 5 heteroatoms. The smallest absolute Gasteiger partial charge is 0.307 e. The number of ether oxygens (including phenoxy) is 1. The third-order valence-electron chi connectivity index (χ3n) is 3.10. The van der Waals surface area contributed by atoms with Crippen molar-refractivity contribution in [3.63, 3.8) is 0 Å². The lowest BCUT2D eigenvalue weighted by Crippen LogP contribution is -2.30. The van der Waals surface area contributed by atoms with Crippen LogP contribution in [0.4, 0.5) is 0 Å². The molecule has 1 fully saturated rings. The van der Waals surface area contributed by atoms with E-state index in [1.54, 1.807) is 0 Å². The maximum Gasteiger partial charge on any atom is 0.307 e. The normalized spacial score (nSPS) is 20.7. The number of carbonyl (C=O) groups is 2. The molecule has 1 saturated carbocycles. The van der Waals surface area contributed by atoms with Gasteiger partial charge in [-0.1, -0.05) is 12.1 Å². The first-order valence-corrected chi connectivity index (χ1v) is 6.28. The Morgan fingerprint density at radius 3 is 2.84 bits per heavy atom. The van der Waals surface area contributed by atoms with Gasteiger partial charge in [0.05, 0.1) is 18.4 Å². The molecule has 102 valence electrons. The summed E-state index contributed by atoms with van der Waals surface area (Å²) in [6.07, 6.45) is 0.444. The lowest BCUT2D eigenvalue weighted by Gasteiger charge is -2.08. The van der Waals surface area contributed by atoms with Gasteiger partial charge in [-0.05, 0) is 31.0 Å². The Hall–Kier alpha value is -2.04. The molecule has 0 radical (unpaired) electrons. The molecule has 0 unspecified atom stereocenters. The number of carbonyl (C=O) groups excluding carboxylic acids is 1. The Bertz CT molecular complexity index is 486. The van der Waals surface area contributed by atoms with Crippen molar-refractivity contribution in [1.29, 1.82) is 0 Å². The molecule has 1 aliphatic rings. The van der Waals surface area contributed by atoms with E-state index < -0.39 is 11.9 Å². The molecule has 0 aliphatic heterocycles. The van der Waals surface area contributed by atoms with Crippen molar-refractivity contribution >= 4 is 11.9 Å². The summed E-state index contributed by atoms with van der Waals surface area (Å²) in [6, 6.07) is 7.66. The fourth-order valence-electron chi connectivity index (χ4n) is 1.94. The number of amides is 1. The van der Waals surface area contributed by atoms with Gasteiger partial charge in [-0.25, -0.2) is 0 Å². The Balaban J connectivity index is 1.65. The van der Waals surface area contributed by atoms with E-state index in [2.05, 4.69) is 5.32 Å². The van der Waals surface area contributed by atoms with Gasteiger partial charge in [-0.15, -0.1) is 0 Å². The number of hydrogen-bond acceptors (Lipinski definition) is 3. The standard InChI is InChI=1S/C14H17NO4/c1-9-3-2-4-10(7-9)19-6-5-15-13(16)11-8-12(11)14(17)18/h2-4,7,11-12H,5-6,8H2,1H3,(H,15,16)(H,17,18)/t11-,12+/m1/s1. The van der Waals surface area contributed by atoms with Crippen molar-refractivity contribution < 1.29 is 19.4 Å². The number of rotatable bonds is 6. The Labute approximate surface area is 111 Å². The minimum Gasteiger partial charge on any atom is -0.492 e. The minimum absolute atomic E-state index is 0.194. The summed E-state index contributed by atoms with van der Waals surface area (Å²) in [4.78, 5) is 22.2. The number of carboxylic acid groups (broad SMARTS) is 1. The molecule has 2 rings (SSSR count). The molecule has 0 spiro atoms. The van der Waals surface area contributed by atoms with Gasteiger partial charge in [-0.2, -0.15) is 0 Å². The Morgan fingerprint density at radius 1 is 1.42 bits per heavy atom. The van der Waals surface area contributed by atoms with Crippen molar-refractivity contribution in [2.45, 2.75) is 13.3 Å². The van der Waals surface area contributed by atoms with E-state index in [0.717, 1.165) is 11.3 Å². The SMILES string of the molecule is Cc1cccc(OCCNC(=O)[C@@H]2C[C@@H]2C(=O)O)c1. The zero-order valence-electron chi connectivity index (χ0n) is 10.8.